The predicted octanol–water partition coefficient (Wildman–Crippen LogP) is 6.09. The molecule has 2 aromatic carbocycles. The molecule has 3 aromatic rings. The van der Waals surface area contributed by atoms with Gasteiger partial charge in [0.15, 0.2) is 5.76 Å². The molecular weight excluding hydrogens is 653 g/mol. The van der Waals surface area contributed by atoms with Crippen LogP contribution in [-0.2, 0) is 20.7 Å². The fourth-order valence-electron chi connectivity index (χ4n) is 6.73. The summed E-state index contributed by atoms with van der Waals surface area (Å²) >= 11 is 0. The fraction of sp³-hybridized carbons (Fsp3) is 0.513. The highest BCUT2D eigenvalue weighted by atomic mass is 19.1. The van der Waals surface area contributed by atoms with Crippen LogP contribution in [0.15, 0.2) is 65.2 Å². The van der Waals surface area contributed by atoms with Gasteiger partial charge in [0.1, 0.15) is 23.5 Å². The van der Waals surface area contributed by atoms with Crippen molar-refractivity contribution < 1.29 is 32.7 Å². The van der Waals surface area contributed by atoms with Gasteiger partial charge in [-0.2, -0.15) is 0 Å². The number of nitrogens with zero attached hydrogens (tertiary/aromatic N) is 4. The number of aromatic nitrogens is 1. The summed E-state index contributed by atoms with van der Waals surface area (Å²) in [6.45, 7) is 13.3. The lowest BCUT2D eigenvalue weighted by molar-refractivity contribution is -0.142. The largest absolute Gasteiger partial charge is 0.444 e. The molecule has 1 saturated heterocycles. The molecule has 1 unspecified atom stereocenters. The van der Waals surface area contributed by atoms with E-state index in [4.69, 9.17) is 9.15 Å². The number of amides is 4. The van der Waals surface area contributed by atoms with Gasteiger partial charge < -0.3 is 24.3 Å². The van der Waals surface area contributed by atoms with Gasteiger partial charge in [-0.05, 0) is 76.5 Å². The number of carbonyl (C=O) groups excluding carboxylic acids is 4. The van der Waals surface area contributed by atoms with E-state index in [1.807, 2.05) is 56.0 Å². The van der Waals surface area contributed by atoms with Gasteiger partial charge in [-0.3, -0.25) is 19.3 Å². The minimum absolute atomic E-state index is 0.0474. The summed E-state index contributed by atoms with van der Waals surface area (Å²) in [4.78, 5) is 64.1. The van der Waals surface area contributed by atoms with E-state index in [-0.39, 0.29) is 29.6 Å². The van der Waals surface area contributed by atoms with Crippen molar-refractivity contribution in [1.82, 2.24) is 25.0 Å². The molecule has 1 aliphatic carbocycles. The van der Waals surface area contributed by atoms with Crippen molar-refractivity contribution in [3.63, 3.8) is 0 Å². The van der Waals surface area contributed by atoms with Gasteiger partial charge >= 0.3 is 12.0 Å². The summed E-state index contributed by atoms with van der Waals surface area (Å²) in [5.74, 6) is -1.03. The van der Waals surface area contributed by atoms with Crippen molar-refractivity contribution in [2.75, 3.05) is 20.1 Å². The van der Waals surface area contributed by atoms with Crippen molar-refractivity contribution in [1.29, 1.82) is 0 Å². The molecule has 5 rings (SSSR count). The van der Waals surface area contributed by atoms with E-state index in [1.54, 1.807) is 44.7 Å². The van der Waals surface area contributed by atoms with Crippen LogP contribution in [-0.4, -0.2) is 92.9 Å². The molecule has 1 saturated carbocycles. The molecule has 1 aromatic heterocycles. The highest BCUT2D eigenvalue weighted by molar-refractivity contribution is 5.93. The molecule has 0 radical (unpaired) electrons. The van der Waals surface area contributed by atoms with E-state index >= 15 is 0 Å². The molecule has 1 spiro atoms. The number of hydrogen-bond donors (Lipinski definition) is 1. The number of oxazole rings is 1. The second-order valence-corrected chi connectivity index (χ2v) is 15.8. The molecular formula is C39H50FN5O6. The van der Waals surface area contributed by atoms with Gasteiger partial charge in [0.2, 0.25) is 11.8 Å². The highest BCUT2D eigenvalue weighted by Gasteiger charge is 2.65. The monoisotopic (exact) mass is 703 g/mol. The average Bonchev–Trinajstić information content (AvgIpc) is 3.37. The summed E-state index contributed by atoms with van der Waals surface area (Å²) in [5, 5.41) is 2.94. The van der Waals surface area contributed by atoms with Gasteiger partial charge in [-0.1, -0.05) is 63.2 Å². The summed E-state index contributed by atoms with van der Waals surface area (Å²) in [7, 11) is 1.49. The Bertz CT molecular complexity index is 1730. The maximum atomic E-state index is 14.5. The minimum Gasteiger partial charge on any atom is -0.444 e. The van der Waals surface area contributed by atoms with Crippen LogP contribution in [0.3, 0.4) is 0 Å². The first-order chi connectivity index (χ1) is 23.9. The number of halogens is 1. The third-order valence-corrected chi connectivity index (χ3v) is 9.78. The Hall–Kier alpha value is -4.74. The van der Waals surface area contributed by atoms with E-state index in [0.29, 0.717) is 38.1 Å². The molecule has 1 aliphatic heterocycles. The Morgan fingerprint density at radius 3 is 2.35 bits per heavy atom. The van der Waals surface area contributed by atoms with Gasteiger partial charge in [-0.25, -0.2) is 14.2 Å². The Kier molecular flexibility index (Phi) is 10.6. The van der Waals surface area contributed by atoms with E-state index in [9.17, 15) is 23.6 Å². The first-order valence-electron chi connectivity index (χ1n) is 17.6. The number of ether oxygens (including phenoxy) is 1. The Balaban J connectivity index is 1.37. The lowest BCUT2D eigenvalue weighted by Gasteiger charge is -2.38. The normalized spacial score (nSPS) is 19.7. The minimum atomic E-state index is -0.903. The Morgan fingerprint density at radius 2 is 1.73 bits per heavy atom. The fourth-order valence-corrected chi connectivity index (χ4v) is 6.73. The number of likely N-dealkylation sites (N-methyl/N-ethyl adjacent to an activating group) is 1. The van der Waals surface area contributed by atoms with Crippen LogP contribution < -0.4 is 5.32 Å². The number of carbonyl (C=O) groups is 4. The molecule has 2 heterocycles. The number of hydrogen-bond acceptors (Lipinski definition) is 7. The van der Waals surface area contributed by atoms with E-state index in [1.165, 1.54) is 30.3 Å². The van der Waals surface area contributed by atoms with Crippen molar-refractivity contribution in [2.45, 2.75) is 103 Å². The summed E-state index contributed by atoms with van der Waals surface area (Å²) in [6.07, 6.45) is 3.34. The second-order valence-electron chi connectivity index (χ2n) is 15.8. The molecule has 274 valence electrons. The van der Waals surface area contributed by atoms with Crippen LogP contribution in [0.2, 0.25) is 0 Å². The summed E-state index contributed by atoms with van der Waals surface area (Å²) in [5.41, 5.74) is -0.380. The Labute approximate surface area is 299 Å². The molecule has 11 nitrogen and oxygen atoms in total. The summed E-state index contributed by atoms with van der Waals surface area (Å²) in [6, 6.07) is 13.4. The highest BCUT2D eigenvalue weighted by Crippen LogP contribution is 2.53. The van der Waals surface area contributed by atoms with Crippen LogP contribution in [0.1, 0.15) is 84.0 Å². The second kappa shape index (κ2) is 14.5. The van der Waals surface area contributed by atoms with Gasteiger partial charge in [-0.15, -0.1) is 0 Å². The van der Waals surface area contributed by atoms with E-state index in [2.05, 4.69) is 10.3 Å². The first-order valence-corrected chi connectivity index (χ1v) is 17.6. The lowest BCUT2D eigenvalue weighted by atomic mass is 9.85. The van der Waals surface area contributed by atoms with E-state index in [0.717, 1.165) is 17.5 Å². The molecule has 0 bridgehead atoms. The smallest absolute Gasteiger partial charge is 0.410 e. The van der Waals surface area contributed by atoms with E-state index < -0.39 is 40.6 Å². The van der Waals surface area contributed by atoms with Crippen molar-refractivity contribution >= 4 is 23.8 Å². The first kappa shape index (κ1) is 37.5. The zero-order chi connectivity index (χ0) is 37.3. The van der Waals surface area contributed by atoms with Crippen molar-refractivity contribution in [3.8, 4) is 11.3 Å². The standard InChI is InChI=1S/C39H50FN5O6/c1-25(43(8)36(49)51-38(5,6)7)32(46)42-31(37(2,3)4)34(47)45-21-12-20-39(45)23-30(39)44(22-19-26-15-17-28(40)18-16-26)35(48)33-41-24-29(50-33)27-13-10-9-11-14-27/h9-11,13-18,24-25,30-31H,12,19-23H2,1-8H3,(H,42,46)/t25-,30-,31+,39?/m0/s1. The number of nitrogens with one attached hydrogen (secondary N) is 1. The maximum absolute atomic E-state index is 14.5. The SMILES string of the molecule is C[C@@H](C(=O)N[C@H](C(=O)N1CCCC12C[C@@H]2N(CCc1ccc(F)cc1)C(=O)c1ncc(-c2ccccc2)o1)C(C)(C)C)N(C)C(=O)OC(C)(C)C. The van der Waals surface area contributed by atoms with Gasteiger partial charge in [0, 0.05) is 25.7 Å². The molecule has 51 heavy (non-hydrogen) atoms. The molecule has 1 N–H and O–H groups in total. The molecule has 2 fully saturated rings. The van der Waals surface area contributed by atoms with Crippen LogP contribution in [0, 0.1) is 11.2 Å². The van der Waals surface area contributed by atoms with Crippen molar-refractivity contribution in [2.24, 2.45) is 5.41 Å². The zero-order valence-electron chi connectivity index (χ0n) is 30.9. The lowest BCUT2D eigenvalue weighted by Crippen LogP contribution is -2.60. The van der Waals surface area contributed by atoms with Crippen molar-refractivity contribution in [3.05, 3.63) is 78.1 Å². The third-order valence-electron chi connectivity index (χ3n) is 9.78. The predicted molar refractivity (Wildman–Crippen MR) is 190 cm³/mol. The van der Waals surface area contributed by atoms with Gasteiger partial charge in [0.25, 0.3) is 5.89 Å². The number of rotatable bonds is 10. The van der Waals surface area contributed by atoms with Crippen LogP contribution in [0.4, 0.5) is 9.18 Å². The van der Waals surface area contributed by atoms with Crippen LogP contribution in [0.5, 0.6) is 0 Å². The third kappa shape index (κ3) is 8.43. The number of likely N-dealkylation sites (tertiary alicyclic amines) is 1. The zero-order valence-corrected chi connectivity index (χ0v) is 30.9. The van der Waals surface area contributed by atoms with Gasteiger partial charge in [0.05, 0.1) is 17.8 Å². The molecule has 4 amide bonds. The average molecular weight is 704 g/mol. The Morgan fingerprint density at radius 1 is 1.06 bits per heavy atom. The molecule has 2 aliphatic rings. The number of benzene rings is 2. The molecule has 12 heteroatoms. The summed E-state index contributed by atoms with van der Waals surface area (Å²) < 4.78 is 25.1. The maximum Gasteiger partial charge on any atom is 0.410 e. The quantitative estimate of drug-likeness (QED) is 0.271. The topological polar surface area (TPSA) is 125 Å². The van der Waals surface area contributed by atoms with Crippen LogP contribution >= 0.6 is 0 Å². The molecule has 4 atom stereocenters. The van der Waals surface area contributed by atoms with Crippen LogP contribution in [0.25, 0.3) is 11.3 Å².